The molecule has 2 fully saturated rings. The van der Waals surface area contributed by atoms with Crippen LogP contribution in [0.1, 0.15) is 46.2 Å². The minimum atomic E-state index is -1.05. The normalized spacial score (nSPS) is 25.2. The van der Waals surface area contributed by atoms with Gasteiger partial charge in [-0.25, -0.2) is 0 Å². The molecule has 0 aliphatic carbocycles. The summed E-state index contributed by atoms with van der Waals surface area (Å²) in [5.41, 5.74) is 6.16. The van der Waals surface area contributed by atoms with Crippen molar-refractivity contribution in [2.45, 2.75) is 108 Å². The predicted octanol–water partition coefficient (Wildman–Crippen LogP) is 9.66. The summed E-state index contributed by atoms with van der Waals surface area (Å²) in [6.07, 6.45) is -4.98. The first-order valence-corrected chi connectivity index (χ1v) is 23.5. The lowest BCUT2D eigenvalue weighted by Gasteiger charge is -2.47. The summed E-state index contributed by atoms with van der Waals surface area (Å²) in [6.45, 7) is 2.57. The Morgan fingerprint density at radius 3 is 1.09 bits per heavy atom. The van der Waals surface area contributed by atoms with Gasteiger partial charge in [-0.1, -0.05) is 182 Å². The number of methoxy groups -OCH3 is 1. The molecule has 10 heteroatoms. The number of rotatable bonds is 24. The molecule has 0 bridgehead atoms. The second kappa shape index (κ2) is 25.9. The van der Waals surface area contributed by atoms with Gasteiger partial charge >= 0.3 is 0 Å². The van der Waals surface area contributed by atoms with E-state index in [1.807, 2.05) is 158 Å². The zero-order valence-corrected chi connectivity index (χ0v) is 38.3. The minimum absolute atomic E-state index is 0.221. The largest absolute Gasteiger partial charge is 0.388 e. The maximum Gasteiger partial charge on any atom is 0.163 e. The number of aliphatic hydroxyl groups is 1. The summed E-state index contributed by atoms with van der Waals surface area (Å²) in [4.78, 5) is 0. The van der Waals surface area contributed by atoms with E-state index < -0.39 is 55.1 Å². The van der Waals surface area contributed by atoms with Crippen molar-refractivity contribution in [3.05, 3.63) is 215 Å². The van der Waals surface area contributed by atoms with E-state index in [0.29, 0.717) is 45.9 Å². The highest BCUT2D eigenvalue weighted by atomic mass is 16.7. The lowest BCUT2D eigenvalue weighted by Crippen LogP contribution is -2.61. The van der Waals surface area contributed by atoms with E-state index >= 15 is 0 Å². The van der Waals surface area contributed by atoms with Gasteiger partial charge in [0.05, 0.1) is 65.1 Å². The van der Waals surface area contributed by atoms with Crippen LogP contribution in [0.25, 0.3) is 0 Å². The van der Waals surface area contributed by atoms with Crippen molar-refractivity contribution in [1.82, 2.24) is 0 Å². The van der Waals surface area contributed by atoms with Crippen LogP contribution in [0, 0.1) is 5.92 Å². The van der Waals surface area contributed by atoms with E-state index in [1.54, 1.807) is 7.11 Å². The summed E-state index contributed by atoms with van der Waals surface area (Å²) in [6, 6.07) is 60.4. The summed E-state index contributed by atoms with van der Waals surface area (Å²) < 4.78 is 59.9. The van der Waals surface area contributed by atoms with Crippen LogP contribution < -0.4 is 0 Å². The molecular formula is C57H64O10. The van der Waals surface area contributed by atoms with Crippen LogP contribution in [-0.4, -0.2) is 80.6 Å². The third-order valence-electron chi connectivity index (χ3n) is 12.5. The molecule has 10 atom stereocenters. The lowest BCUT2D eigenvalue weighted by atomic mass is 9.84. The molecule has 0 radical (unpaired) electrons. The van der Waals surface area contributed by atoms with Crippen molar-refractivity contribution in [2.75, 3.05) is 20.3 Å². The number of ether oxygens (including phenoxy) is 9. The van der Waals surface area contributed by atoms with Gasteiger partial charge in [0.1, 0.15) is 36.6 Å². The molecule has 6 aromatic carbocycles. The lowest BCUT2D eigenvalue weighted by molar-refractivity contribution is -0.303. The highest BCUT2D eigenvalue weighted by molar-refractivity contribution is 5.18. The summed E-state index contributed by atoms with van der Waals surface area (Å²) >= 11 is 0. The maximum absolute atomic E-state index is 12.5. The summed E-state index contributed by atoms with van der Waals surface area (Å²) in [5.74, 6) is -0.334. The van der Waals surface area contributed by atoms with Gasteiger partial charge in [0.25, 0.3) is 0 Å². The van der Waals surface area contributed by atoms with Gasteiger partial charge in [-0.05, 0) is 46.2 Å². The molecule has 10 nitrogen and oxygen atoms in total. The van der Waals surface area contributed by atoms with Gasteiger partial charge in [0.2, 0.25) is 0 Å². The SMILES string of the molecule is CO[C@H]1O[C@H](COCc2ccccc2)[C@@H](OCc2ccccc2)[C@H](OCc2ccccc2)[C@H]1CC[C@@H]1O[C@H](COCc2ccccc2)[C@@H](OCc2ccccc2)[C@H](OCc2ccccc2)[C@H]1O. The Morgan fingerprint density at radius 2 is 0.701 bits per heavy atom. The molecule has 2 aliphatic heterocycles. The quantitative estimate of drug-likeness (QED) is 0.0632. The van der Waals surface area contributed by atoms with Crippen LogP contribution in [0.3, 0.4) is 0 Å². The average molecular weight is 909 g/mol. The van der Waals surface area contributed by atoms with Crippen LogP contribution >= 0.6 is 0 Å². The first kappa shape index (κ1) is 48.4. The van der Waals surface area contributed by atoms with Crippen LogP contribution in [-0.2, 0) is 82.3 Å². The fourth-order valence-corrected chi connectivity index (χ4v) is 8.97. The van der Waals surface area contributed by atoms with Crippen LogP contribution in [0.4, 0.5) is 0 Å². The molecule has 0 aromatic heterocycles. The number of benzene rings is 6. The van der Waals surface area contributed by atoms with Crippen molar-refractivity contribution in [1.29, 1.82) is 0 Å². The Labute approximate surface area is 395 Å². The fourth-order valence-electron chi connectivity index (χ4n) is 8.97. The zero-order valence-electron chi connectivity index (χ0n) is 38.3. The van der Waals surface area contributed by atoms with Crippen molar-refractivity contribution < 1.29 is 47.7 Å². The second-order valence-electron chi connectivity index (χ2n) is 17.3. The average Bonchev–Trinajstić information content (AvgIpc) is 3.38. The zero-order chi connectivity index (χ0) is 45.9. The Balaban J connectivity index is 1.06. The molecule has 2 saturated heterocycles. The standard InChI is InChI=1S/C57H64O10/c1-59-57-48(53(62-36-44-24-12-4-13-25-44)54(63-37-45-26-14-5-15-27-45)51(67-57)41-61-35-43-22-10-3-11-23-43)32-33-49-52(58)56(65-39-47-30-18-7-19-31-47)55(64-38-46-28-16-6-17-29-46)50(66-49)40-60-34-42-20-8-2-9-21-42/h2-31,48-58H,32-41H2,1H3/t48-,49+,50-,51-,52+,53-,54-,55-,56-,57+/m1/s1. The highest BCUT2D eigenvalue weighted by Crippen LogP contribution is 2.38. The Bertz CT molecular complexity index is 2240. The third kappa shape index (κ3) is 14.2. The maximum atomic E-state index is 12.5. The third-order valence-corrected chi connectivity index (χ3v) is 12.5. The first-order chi connectivity index (χ1) is 33.1. The van der Waals surface area contributed by atoms with E-state index in [9.17, 15) is 5.11 Å². The smallest absolute Gasteiger partial charge is 0.163 e. The van der Waals surface area contributed by atoms with Gasteiger partial charge < -0.3 is 47.7 Å². The Kier molecular flexibility index (Phi) is 18.7. The van der Waals surface area contributed by atoms with Crippen LogP contribution in [0.15, 0.2) is 182 Å². The van der Waals surface area contributed by atoms with Gasteiger partial charge in [0.15, 0.2) is 6.29 Å². The minimum Gasteiger partial charge on any atom is -0.388 e. The van der Waals surface area contributed by atoms with Crippen molar-refractivity contribution in [3.63, 3.8) is 0 Å². The van der Waals surface area contributed by atoms with Gasteiger partial charge in [-0.15, -0.1) is 0 Å². The highest BCUT2D eigenvalue weighted by Gasteiger charge is 2.50. The molecule has 8 rings (SSSR count). The van der Waals surface area contributed by atoms with Crippen LogP contribution in [0.2, 0.25) is 0 Å². The van der Waals surface area contributed by atoms with E-state index in [-0.39, 0.29) is 25.7 Å². The molecule has 0 unspecified atom stereocenters. The molecule has 2 aliphatic rings. The van der Waals surface area contributed by atoms with E-state index in [2.05, 4.69) is 24.3 Å². The molecule has 6 aromatic rings. The molecule has 1 N–H and O–H groups in total. The van der Waals surface area contributed by atoms with E-state index in [0.717, 1.165) is 33.4 Å². The predicted molar refractivity (Wildman–Crippen MR) is 255 cm³/mol. The second-order valence-corrected chi connectivity index (χ2v) is 17.3. The Morgan fingerprint density at radius 1 is 0.373 bits per heavy atom. The summed E-state index contributed by atoms with van der Waals surface area (Å²) in [5, 5.41) is 12.5. The number of hydrogen-bond donors (Lipinski definition) is 1. The van der Waals surface area contributed by atoms with E-state index in [4.69, 9.17) is 42.6 Å². The molecule has 0 spiro atoms. The monoisotopic (exact) mass is 908 g/mol. The van der Waals surface area contributed by atoms with Gasteiger partial charge in [-0.2, -0.15) is 0 Å². The molecule has 0 amide bonds. The van der Waals surface area contributed by atoms with Crippen LogP contribution in [0.5, 0.6) is 0 Å². The van der Waals surface area contributed by atoms with Gasteiger partial charge in [0, 0.05) is 13.0 Å². The summed E-state index contributed by atoms with van der Waals surface area (Å²) in [7, 11) is 1.66. The molecule has 0 saturated carbocycles. The van der Waals surface area contributed by atoms with Crippen molar-refractivity contribution in [3.8, 4) is 0 Å². The molecular weight excluding hydrogens is 845 g/mol. The molecule has 2 heterocycles. The first-order valence-electron chi connectivity index (χ1n) is 23.5. The van der Waals surface area contributed by atoms with Crippen molar-refractivity contribution >= 4 is 0 Å². The van der Waals surface area contributed by atoms with Crippen molar-refractivity contribution in [2.24, 2.45) is 5.92 Å². The molecule has 352 valence electrons. The fraction of sp³-hybridized carbons (Fsp3) is 0.368. The van der Waals surface area contributed by atoms with E-state index in [1.165, 1.54) is 0 Å². The topological polar surface area (TPSA) is 103 Å². The van der Waals surface area contributed by atoms with Gasteiger partial charge in [-0.3, -0.25) is 0 Å². The molecule has 67 heavy (non-hydrogen) atoms. The number of hydrogen-bond acceptors (Lipinski definition) is 10. The Hall–Kier alpha value is -5.08. The number of aliphatic hydroxyl groups excluding tert-OH is 1.